The Bertz CT molecular complexity index is 273. The van der Waals surface area contributed by atoms with Crippen LogP contribution >= 0.6 is 0 Å². The molecule has 0 bridgehead atoms. The molecule has 29 heavy (non-hydrogen) atoms. The van der Waals surface area contributed by atoms with Crippen LogP contribution in [0.15, 0.2) is 0 Å². The van der Waals surface area contributed by atoms with Gasteiger partial charge in [-0.15, -0.1) is 0 Å². The summed E-state index contributed by atoms with van der Waals surface area (Å²) in [7, 11) is -4.77. The molecule has 172 valence electrons. The average molecular weight is 540 g/mol. The molecule has 0 aliphatic heterocycles. The van der Waals surface area contributed by atoms with E-state index in [9.17, 15) is 0 Å². The maximum Gasteiger partial charge on any atom is 2.00 e. The molecular formula is C18H42O6S2Si2Zn. The predicted molar refractivity (Wildman–Crippen MR) is 125 cm³/mol. The Labute approximate surface area is 205 Å². The molecule has 6 nitrogen and oxygen atoms in total. The molecule has 11 heteroatoms. The zero-order chi connectivity index (χ0) is 21.7. The molecule has 0 aromatic carbocycles. The van der Waals surface area contributed by atoms with Crippen LogP contribution in [-0.2, 0) is 71.3 Å². The maximum absolute atomic E-state index is 5.66. The monoisotopic (exact) mass is 538 g/mol. The van der Waals surface area contributed by atoms with Crippen molar-refractivity contribution in [3.8, 4) is 0 Å². The second-order valence-electron chi connectivity index (χ2n) is 5.58. The molecule has 0 heterocycles. The fourth-order valence-corrected chi connectivity index (χ4v) is 8.61. The van der Waals surface area contributed by atoms with Gasteiger partial charge >= 0.3 is 37.1 Å². The van der Waals surface area contributed by atoms with Gasteiger partial charge in [-0.1, -0.05) is 12.8 Å². The molecule has 0 atom stereocenters. The summed E-state index contributed by atoms with van der Waals surface area (Å²) >= 11 is 9.86. The first kappa shape index (κ1) is 35.1. The standard InChI is InChI=1S/2C9H22O3SSi.Zn/c2*1-4-10-14(11-5-2,12-6-3)9-7-8-13;/h2*13H,4-9H2,1-3H3;/q;;+2/p-2. The van der Waals surface area contributed by atoms with Gasteiger partial charge in [-0.3, -0.25) is 0 Å². The van der Waals surface area contributed by atoms with Crippen molar-refractivity contribution < 1.29 is 46.0 Å². The van der Waals surface area contributed by atoms with E-state index in [1.165, 1.54) is 0 Å². The summed E-state index contributed by atoms with van der Waals surface area (Å²) in [6, 6.07) is 1.68. The fourth-order valence-electron chi connectivity index (χ4n) is 2.58. The minimum absolute atomic E-state index is 0. The Balaban J connectivity index is -0.000000451. The van der Waals surface area contributed by atoms with E-state index in [1.54, 1.807) is 0 Å². The van der Waals surface area contributed by atoms with Gasteiger partial charge in [0.05, 0.1) is 0 Å². The van der Waals surface area contributed by atoms with Crippen molar-refractivity contribution in [2.24, 2.45) is 0 Å². The fraction of sp³-hybridized carbons (Fsp3) is 1.00. The Morgan fingerprint density at radius 1 is 0.483 bits per heavy atom. The smallest absolute Gasteiger partial charge is 0.793 e. The molecule has 0 radical (unpaired) electrons. The van der Waals surface area contributed by atoms with Crippen molar-refractivity contribution in [1.82, 2.24) is 0 Å². The van der Waals surface area contributed by atoms with Crippen molar-refractivity contribution in [3.63, 3.8) is 0 Å². The van der Waals surface area contributed by atoms with Crippen molar-refractivity contribution in [2.45, 2.75) is 66.5 Å². The zero-order valence-corrected chi connectivity index (χ0v) is 26.1. The summed E-state index contributed by atoms with van der Waals surface area (Å²) in [5.41, 5.74) is 0. The first-order chi connectivity index (χ1) is 13.5. The molecule has 0 aliphatic rings. The first-order valence-corrected chi connectivity index (χ1v) is 15.5. The molecule has 0 fully saturated rings. The summed E-state index contributed by atoms with van der Waals surface area (Å²) in [4.78, 5) is 0. The number of rotatable bonds is 18. The van der Waals surface area contributed by atoms with Gasteiger partial charge in [0.25, 0.3) is 0 Å². The van der Waals surface area contributed by atoms with Crippen LogP contribution in [0.4, 0.5) is 0 Å². The molecule has 0 rings (SSSR count). The number of hydrogen-bond acceptors (Lipinski definition) is 8. The van der Waals surface area contributed by atoms with Crippen LogP contribution in [0, 0.1) is 0 Å². The summed E-state index contributed by atoms with van der Waals surface area (Å²) in [6.45, 7) is 15.6. The second-order valence-corrected chi connectivity index (χ2v) is 11.9. The van der Waals surface area contributed by atoms with Gasteiger partial charge in [0.1, 0.15) is 0 Å². The van der Waals surface area contributed by atoms with Crippen molar-refractivity contribution in [1.29, 1.82) is 0 Å². The van der Waals surface area contributed by atoms with Crippen molar-refractivity contribution >= 4 is 42.9 Å². The van der Waals surface area contributed by atoms with Crippen molar-refractivity contribution in [2.75, 3.05) is 51.1 Å². The molecule has 0 aromatic heterocycles. The molecule has 0 aliphatic carbocycles. The van der Waals surface area contributed by atoms with Gasteiger partial charge in [0.15, 0.2) is 0 Å². The first-order valence-electron chi connectivity index (χ1n) is 10.5. The maximum atomic E-state index is 5.66. The van der Waals surface area contributed by atoms with E-state index < -0.39 is 17.6 Å². The Kier molecular flexibility index (Phi) is 29.3. The van der Waals surface area contributed by atoms with E-state index in [4.69, 9.17) is 51.8 Å². The Morgan fingerprint density at radius 2 is 0.690 bits per heavy atom. The van der Waals surface area contributed by atoms with E-state index in [-0.39, 0.29) is 19.5 Å². The van der Waals surface area contributed by atoms with Crippen LogP contribution in [0.5, 0.6) is 0 Å². The molecule has 0 spiro atoms. The van der Waals surface area contributed by atoms with Gasteiger partial charge < -0.3 is 51.8 Å². The van der Waals surface area contributed by atoms with Gasteiger partial charge in [0, 0.05) is 51.7 Å². The third-order valence-electron chi connectivity index (χ3n) is 3.44. The molecular weight excluding hydrogens is 498 g/mol. The topological polar surface area (TPSA) is 55.4 Å². The van der Waals surface area contributed by atoms with Crippen LogP contribution in [0.25, 0.3) is 0 Å². The van der Waals surface area contributed by atoms with Crippen molar-refractivity contribution in [3.05, 3.63) is 0 Å². The molecule has 0 aromatic rings. The van der Waals surface area contributed by atoms with Crippen LogP contribution in [0.2, 0.25) is 12.1 Å². The van der Waals surface area contributed by atoms with Gasteiger partial charge in [-0.05, 0) is 41.5 Å². The van der Waals surface area contributed by atoms with Gasteiger partial charge in [-0.2, -0.15) is 11.5 Å². The largest absolute Gasteiger partial charge is 2.00 e. The second kappa shape index (κ2) is 24.2. The summed E-state index contributed by atoms with van der Waals surface area (Å²) in [6.07, 6.45) is 1.86. The normalized spacial score (nSPS) is 11.6. The van der Waals surface area contributed by atoms with Crippen LogP contribution in [-0.4, -0.2) is 68.8 Å². The third-order valence-corrected chi connectivity index (χ3v) is 10.3. The Hall–Kier alpha value is 1.52. The Morgan fingerprint density at radius 3 is 0.828 bits per heavy atom. The van der Waals surface area contributed by atoms with E-state index in [0.717, 1.165) is 36.4 Å². The van der Waals surface area contributed by atoms with Gasteiger partial charge in [-0.25, -0.2) is 0 Å². The van der Waals surface area contributed by atoms with Gasteiger partial charge in [0.2, 0.25) is 0 Å². The molecule has 0 saturated carbocycles. The van der Waals surface area contributed by atoms with E-state index >= 15 is 0 Å². The van der Waals surface area contributed by atoms with Crippen LogP contribution < -0.4 is 0 Å². The average Bonchev–Trinajstić information content (AvgIpc) is 2.67. The van der Waals surface area contributed by atoms with Crippen LogP contribution in [0.1, 0.15) is 54.4 Å². The molecule has 0 N–H and O–H groups in total. The minimum atomic E-state index is -2.38. The quantitative estimate of drug-likeness (QED) is 0.192. The summed E-state index contributed by atoms with van der Waals surface area (Å²) in [5.74, 6) is 1.48. The molecule has 0 amide bonds. The zero-order valence-electron chi connectivity index (χ0n) is 19.5. The van der Waals surface area contributed by atoms with E-state index in [0.29, 0.717) is 39.6 Å². The summed E-state index contributed by atoms with van der Waals surface area (Å²) in [5, 5.41) is 0. The third kappa shape index (κ3) is 17.7. The molecule has 0 saturated heterocycles. The minimum Gasteiger partial charge on any atom is -0.793 e. The van der Waals surface area contributed by atoms with Crippen LogP contribution in [0.3, 0.4) is 0 Å². The predicted octanol–water partition coefficient (Wildman–Crippen LogP) is 3.94. The van der Waals surface area contributed by atoms with E-state index in [2.05, 4.69) is 0 Å². The summed E-state index contributed by atoms with van der Waals surface area (Å²) < 4.78 is 34.0. The number of hydrogen-bond donors (Lipinski definition) is 0. The van der Waals surface area contributed by atoms with E-state index in [1.807, 2.05) is 41.5 Å². The SMILES string of the molecule is CCO[Si](CCC[S-])(OCC)OCC.CCO[Si](CCC[S-])(OCC)OCC.[Zn+2]. The molecule has 0 unspecified atom stereocenters.